The average molecular weight is 517 g/mol. The highest BCUT2D eigenvalue weighted by Gasteiger charge is 2.25. The van der Waals surface area contributed by atoms with Gasteiger partial charge in [0.25, 0.3) is 5.91 Å². The Kier molecular flexibility index (Phi) is 6.90. The third-order valence-corrected chi connectivity index (χ3v) is 7.77. The van der Waals surface area contributed by atoms with Crippen molar-refractivity contribution in [2.24, 2.45) is 0 Å². The summed E-state index contributed by atoms with van der Waals surface area (Å²) < 4.78 is 53.7. The van der Waals surface area contributed by atoms with E-state index in [1.165, 1.54) is 18.2 Å². The van der Waals surface area contributed by atoms with Gasteiger partial charge in [0, 0.05) is 16.1 Å². The Bertz CT molecular complexity index is 1430. The molecule has 0 saturated heterocycles. The summed E-state index contributed by atoms with van der Waals surface area (Å²) in [4.78, 5) is 23.8. The van der Waals surface area contributed by atoms with Gasteiger partial charge in [-0.25, -0.2) is 17.2 Å². The number of hydrogen-bond donors (Lipinski definition) is 3. The molecule has 0 fully saturated rings. The summed E-state index contributed by atoms with van der Waals surface area (Å²) in [5.74, 6) is -4.10. The quantitative estimate of drug-likeness (QED) is 0.396. The minimum absolute atomic E-state index is 0.129. The monoisotopic (exact) mass is 516 g/mol. The van der Waals surface area contributed by atoms with Gasteiger partial charge >= 0.3 is 5.97 Å². The normalized spacial score (nSPS) is 14.3. The molecular formula is C24H18F2N2O5S2. The minimum Gasteiger partial charge on any atom is -0.480 e. The van der Waals surface area contributed by atoms with Crippen molar-refractivity contribution in [2.45, 2.75) is 15.5 Å². The summed E-state index contributed by atoms with van der Waals surface area (Å²) in [5, 5.41) is 14.2. The molecule has 1 aliphatic heterocycles. The van der Waals surface area contributed by atoms with E-state index in [0.717, 1.165) is 30.0 Å². The van der Waals surface area contributed by atoms with Gasteiger partial charge in [-0.2, -0.15) is 0 Å². The molecule has 3 aromatic carbocycles. The standard InChI is InChI=1S/C24H18F2N2O5S2/c25-18-2-1-3-19(26)17(18)13-35(32,33)16-8-9-20-21(11-16)34-22(24(31)28-20)10-14-4-6-15(7-5-14)27-12-23(29)30/h1-11,27H,12-13H2,(H,28,31)(H,29,30)/b22-10+. The van der Waals surface area contributed by atoms with Crippen LogP contribution in [0.25, 0.3) is 6.08 Å². The molecule has 4 rings (SSSR count). The molecular weight excluding hydrogens is 498 g/mol. The molecule has 180 valence electrons. The van der Waals surface area contributed by atoms with E-state index in [2.05, 4.69) is 10.6 Å². The number of carbonyl (C=O) groups excluding carboxylic acids is 1. The second kappa shape index (κ2) is 9.88. The molecule has 1 aliphatic rings. The summed E-state index contributed by atoms with van der Waals surface area (Å²) >= 11 is 1.06. The van der Waals surface area contributed by atoms with Crippen LogP contribution >= 0.6 is 11.8 Å². The predicted molar refractivity (Wildman–Crippen MR) is 129 cm³/mol. The molecule has 3 aromatic rings. The fourth-order valence-corrected chi connectivity index (χ4v) is 5.76. The lowest BCUT2D eigenvalue weighted by molar-refractivity contribution is -0.135. The van der Waals surface area contributed by atoms with Gasteiger partial charge in [-0.15, -0.1) is 0 Å². The van der Waals surface area contributed by atoms with Crippen LogP contribution in [0, 0.1) is 11.6 Å². The van der Waals surface area contributed by atoms with E-state index in [-0.39, 0.29) is 17.3 Å². The van der Waals surface area contributed by atoms with Crippen molar-refractivity contribution in [1.82, 2.24) is 0 Å². The fraction of sp³-hybridized carbons (Fsp3) is 0.0833. The number of carboxylic acid groups (broad SMARTS) is 1. The first-order valence-corrected chi connectivity index (χ1v) is 12.7. The van der Waals surface area contributed by atoms with Gasteiger partial charge < -0.3 is 15.7 Å². The van der Waals surface area contributed by atoms with Crippen LogP contribution in [0.4, 0.5) is 20.2 Å². The van der Waals surface area contributed by atoms with Gasteiger partial charge in [-0.1, -0.05) is 30.0 Å². The Morgan fingerprint density at radius 2 is 1.74 bits per heavy atom. The number of benzene rings is 3. The highest BCUT2D eigenvalue weighted by Crippen LogP contribution is 2.40. The largest absolute Gasteiger partial charge is 0.480 e. The lowest BCUT2D eigenvalue weighted by Crippen LogP contribution is -2.18. The van der Waals surface area contributed by atoms with Crippen LogP contribution in [-0.2, 0) is 25.2 Å². The average Bonchev–Trinajstić information content (AvgIpc) is 2.81. The van der Waals surface area contributed by atoms with Crippen LogP contribution in [0.15, 0.2) is 75.4 Å². The van der Waals surface area contributed by atoms with Crippen LogP contribution < -0.4 is 10.6 Å². The van der Waals surface area contributed by atoms with E-state index in [1.807, 2.05) is 0 Å². The number of aliphatic carboxylic acids is 1. The summed E-state index contributed by atoms with van der Waals surface area (Å²) in [7, 11) is -4.07. The first kappa shape index (κ1) is 24.4. The Morgan fingerprint density at radius 3 is 2.40 bits per heavy atom. The van der Waals surface area contributed by atoms with E-state index < -0.39 is 38.8 Å². The van der Waals surface area contributed by atoms with Crippen molar-refractivity contribution in [3.63, 3.8) is 0 Å². The molecule has 1 amide bonds. The van der Waals surface area contributed by atoms with Gasteiger partial charge in [0.15, 0.2) is 9.84 Å². The molecule has 0 atom stereocenters. The molecule has 1 heterocycles. The molecule has 0 aliphatic carbocycles. The second-order valence-electron chi connectivity index (χ2n) is 7.55. The maximum absolute atomic E-state index is 14.0. The maximum atomic E-state index is 14.0. The van der Waals surface area contributed by atoms with Gasteiger partial charge in [0.2, 0.25) is 0 Å². The smallest absolute Gasteiger partial charge is 0.322 e. The van der Waals surface area contributed by atoms with Crippen LogP contribution in [0.1, 0.15) is 11.1 Å². The molecule has 0 aromatic heterocycles. The summed E-state index contributed by atoms with van der Waals surface area (Å²) in [5.41, 5.74) is 1.15. The first-order valence-electron chi connectivity index (χ1n) is 10.2. The molecule has 11 heteroatoms. The molecule has 3 N–H and O–H groups in total. The van der Waals surface area contributed by atoms with Crippen molar-refractivity contribution in [3.8, 4) is 0 Å². The summed E-state index contributed by atoms with van der Waals surface area (Å²) in [6, 6.07) is 14.0. The van der Waals surface area contributed by atoms with Crippen LogP contribution in [-0.4, -0.2) is 31.9 Å². The van der Waals surface area contributed by atoms with Crippen LogP contribution in [0.2, 0.25) is 0 Å². The number of nitrogens with one attached hydrogen (secondary N) is 2. The van der Waals surface area contributed by atoms with Crippen LogP contribution in [0.5, 0.6) is 0 Å². The fourth-order valence-electron chi connectivity index (χ4n) is 3.30. The van der Waals surface area contributed by atoms with E-state index in [4.69, 9.17) is 5.11 Å². The zero-order valence-electron chi connectivity index (χ0n) is 17.9. The summed E-state index contributed by atoms with van der Waals surface area (Å²) in [6.07, 6.45) is 1.61. The Morgan fingerprint density at radius 1 is 1.06 bits per heavy atom. The minimum atomic E-state index is -4.07. The predicted octanol–water partition coefficient (Wildman–Crippen LogP) is 4.52. The number of halogens is 2. The van der Waals surface area contributed by atoms with Gasteiger partial charge in [0.05, 0.1) is 21.2 Å². The first-order chi connectivity index (χ1) is 16.6. The van der Waals surface area contributed by atoms with E-state index in [1.54, 1.807) is 30.3 Å². The molecule has 35 heavy (non-hydrogen) atoms. The second-order valence-corrected chi connectivity index (χ2v) is 10.6. The number of carboxylic acids is 1. The third kappa shape index (κ3) is 5.69. The molecule has 0 spiro atoms. The van der Waals surface area contributed by atoms with Crippen molar-refractivity contribution < 1.29 is 31.9 Å². The van der Waals surface area contributed by atoms with Crippen molar-refractivity contribution in [2.75, 3.05) is 17.2 Å². The zero-order valence-corrected chi connectivity index (χ0v) is 19.6. The lowest BCUT2D eigenvalue weighted by Gasteiger charge is -2.19. The number of fused-ring (bicyclic) bond motifs is 1. The highest BCUT2D eigenvalue weighted by atomic mass is 32.2. The highest BCUT2D eigenvalue weighted by molar-refractivity contribution is 8.04. The van der Waals surface area contributed by atoms with E-state index in [9.17, 15) is 26.8 Å². The zero-order chi connectivity index (χ0) is 25.2. The maximum Gasteiger partial charge on any atom is 0.322 e. The molecule has 0 radical (unpaired) electrons. The SMILES string of the molecule is O=C(O)CNc1ccc(/C=C2/Sc3cc(S(=O)(=O)Cc4c(F)cccc4F)ccc3NC2=O)cc1. The van der Waals surface area contributed by atoms with Gasteiger partial charge in [-0.3, -0.25) is 9.59 Å². The number of thioether (sulfide) groups is 1. The van der Waals surface area contributed by atoms with E-state index in [0.29, 0.717) is 26.7 Å². The number of anilines is 2. The van der Waals surface area contributed by atoms with Crippen LogP contribution in [0.3, 0.4) is 0 Å². The Hall–Kier alpha value is -3.70. The topological polar surface area (TPSA) is 113 Å². The van der Waals surface area contributed by atoms with Crippen molar-refractivity contribution in [1.29, 1.82) is 0 Å². The van der Waals surface area contributed by atoms with Gasteiger partial charge in [-0.05, 0) is 54.1 Å². The number of rotatable bonds is 7. The van der Waals surface area contributed by atoms with Crippen molar-refractivity contribution in [3.05, 3.63) is 88.3 Å². The van der Waals surface area contributed by atoms with Gasteiger partial charge in [0.1, 0.15) is 18.2 Å². The molecule has 0 saturated carbocycles. The number of amides is 1. The summed E-state index contributed by atoms with van der Waals surface area (Å²) in [6.45, 7) is -0.232. The lowest BCUT2D eigenvalue weighted by atomic mass is 10.2. The van der Waals surface area contributed by atoms with E-state index >= 15 is 0 Å². The number of carbonyl (C=O) groups is 2. The Labute approximate surface area is 203 Å². The molecule has 0 unspecified atom stereocenters. The van der Waals surface area contributed by atoms with Crippen molar-refractivity contribution >= 4 is 50.9 Å². The molecule has 7 nitrogen and oxygen atoms in total. The number of sulfone groups is 1. The number of hydrogen-bond acceptors (Lipinski definition) is 6. The molecule has 0 bridgehead atoms. The third-order valence-electron chi connectivity index (χ3n) is 5.05. The Balaban J connectivity index is 1.57.